The fourth-order valence-corrected chi connectivity index (χ4v) is 3.59. The Morgan fingerprint density at radius 2 is 1.96 bits per heavy atom. The minimum Gasteiger partial charge on any atom is -0.480 e. The second kappa shape index (κ2) is 8.19. The number of methoxy groups -OCH3 is 1. The molecule has 2 heterocycles. The van der Waals surface area contributed by atoms with E-state index in [2.05, 4.69) is 14.7 Å². The molecule has 11 heteroatoms. The number of nitrogens with zero attached hydrogens (tertiary/aromatic N) is 3. The Morgan fingerprint density at radius 3 is 2.54 bits per heavy atom. The van der Waals surface area contributed by atoms with Crippen LogP contribution in [0, 0.1) is 0 Å². The number of ether oxygens (including phenoxy) is 2. The summed E-state index contributed by atoms with van der Waals surface area (Å²) in [6.07, 6.45) is 1.99. The van der Waals surface area contributed by atoms with Gasteiger partial charge in [0.2, 0.25) is 5.88 Å². The first kappa shape index (κ1) is 21.7. The topological polar surface area (TPSA) is 111 Å². The average Bonchev–Trinajstić information content (AvgIpc) is 2.59. The van der Waals surface area contributed by atoms with Gasteiger partial charge in [-0.05, 0) is 39.0 Å². The highest BCUT2D eigenvalue weighted by atomic mass is 35.5. The summed E-state index contributed by atoms with van der Waals surface area (Å²) < 4.78 is 38.0. The molecule has 0 radical (unpaired) electrons. The number of pyridine rings is 2. The third-order valence-corrected chi connectivity index (χ3v) is 5.15. The Balaban J connectivity index is 2.37. The van der Waals surface area contributed by atoms with Gasteiger partial charge in [0.15, 0.2) is 0 Å². The van der Waals surface area contributed by atoms with Gasteiger partial charge in [0.1, 0.15) is 21.3 Å². The summed E-state index contributed by atoms with van der Waals surface area (Å²) in [5, 5.41) is -0.164. The van der Waals surface area contributed by atoms with E-state index in [1.165, 1.54) is 49.7 Å². The molecule has 0 bridgehead atoms. The summed E-state index contributed by atoms with van der Waals surface area (Å²) in [5.41, 5.74) is -0.386. The molecule has 2 rings (SSSR count). The molecule has 0 atom stereocenters. The minimum absolute atomic E-state index is 0.103. The first-order chi connectivity index (χ1) is 12.9. The Labute approximate surface area is 168 Å². The van der Waals surface area contributed by atoms with E-state index in [0.717, 1.165) is 0 Å². The van der Waals surface area contributed by atoms with Crippen LogP contribution in [-0.2, 0) is 14.8 Å². The number of nitrogens with one attached hydrogen (secondary N) is 1. The Bertz CT molecular complexity index is 976. The van der Waals surface area contributed by atoms with Gasteiger partial charge in [0.05, 0.1) is 19.0 Å². The second-order valence-electron chi connectivity index (χ2n) is 6.69. The van der Waals surface area contributed by atoms with Crippen LogP contribution in [0.5, 0.6) is 5.88 Å². The van der Waals surface area contributed by atoms with E-state index in [0.29, 0.717) is 0 Å². The lowest BCUT2D eigenvalue weighted by Crippen LogP contribution is -2.34. The zero-order valence-corrected chi connectivity index (χ0v) is 17.6. The van der Waals surface area contributed by atoms with E-state index in [9.17, 15) is 13.2 Å². The molecule has 0 aliphatic rings. The first-order valence-corrected chi connectivity index (χ1v) is 9.95. The monoisotopic (exact) mass is 428 g/mol. The molecule has 0 unspecified atom stereocenters. The smallest absolute Gasteiger partial charge is 0.414 e. The Kier molecular flexibility index (Phi) is 6.35. The van der Waals surface area contributed by atoms with Gasteiger partial charge in [-0.15, -0.1) is 0 Å². The Morgan fingerprint density at radius 1 is 1.29 bits per heavy atom. The predicted octanol–water partition coefficient (Wildman–Crippen LogP) is 3.31. The molecule has 0 saturated carbocycles. The van der Waals surface area contributed by atoms with Crippen LogP contribution in [0.2, 0.25) is 5.15 Å². The van der Waals surface area contributed by atoms with E-state index in [1.807, 2.05) is 0 Å². The number of sulfonamides is 1. The van der Waals surface area contributed by atoms with Crippen LogP contribution in [0.4, 0.5) is 16.2 Å². The third-order valence-electron chi connectivity index (χ3n) is 3.32. The van der Waals surface area contributed by atoms with Crippen LogP contribution in [0.1, 0.15) is 20.8 Å². The van der Waals surface area contributed by atoms with Crippen molar-refractivity contribution >= 4 is 39.1 Å². The van der Waals surface area contributed by atoms with Gasteiger partial charge < -0.3 is 9.47 Å². The quantitative estimate of drug-likeness (QED) is 0.727. The normalized spacial score (nSPS) is 11.6. The molecule has 2 aromatic rings. The predicted molar refractivity (Wildman–Crippen MR) is 105 cm³/mol. The number of anilines is 2. The van der Waals surface area contributed by atoms with E-state index >= 15 is 0 Å². The molecule has 9 nitrogen and oxygen atoms in total. The molecule has 0 aliphatic carbocycles. The van der Waals surface area contributed by atoms with Crippen molar-refractivity contribution in [2.24, 2.45) is 0 Å². The van der Waals surface area contributed by atoms with Crippen LogP contribution in [0.15, 0.2) is 35.5 Å². The number of rotatable bonds is 5. The average molecular weight is 429 g/mol. The molecular weight excluding hydrogens is 408 g/mol. The van der Waals surface area contributed by atoms with E-state index in [-0.39, 0.29) is 27.3 Å². The SMILES string of the molecule is COc1ncc(NS(=O)(=O)c2cccnc2Cl)cc1N(C)C(=O)OC(C)(C)C. The lowest BCUT2D eigenvalue weighted by Gasteiger charge is -2.25. The molecule has 152 valence electrons. The molecule has 1 N–H and O–H groups in total. The van der Waals surface area contributed by atoms with Crippen LogP contribution < -0.4 is 14.4 Å². The molecule has 0 spiro atoms. The second-order valence-corrected chi connectivity index (χ2v) is 8.70. The lowest BCUT2D eigenvalue weighted by atomic mass is 10.2. The number of amides is 1. The van der Waals surface area contributed by atoms with Crippen LogP contribution in [0.3, 0.4) is 0 Å². The fraction of sp³-hybridized carbons (Fsp3) is 0.353. The number of carbonyl (C=O) groups excluding carboxylic acids is 1. The van der Waals surface area contributed by atoms with Crippen LogP contribution in [0.25, 0.3) is 0 Å². The zero-order valence-electron chi connectivity index (χ0n) is 16.1. The third kappa shape index (κ3) is 5.23. The number of carbonyl (C=O) groups is 1. The molecule has 28 heavy (non-hydrogen) atoms. The van der Waals surface area contributed by atoms with Gasteiger partial charge in [-0.1, -0.05) is 11.6 Å². The molecule has 1 amide bonds. The summed E-state index contributed by atoms with van der Waals surface area (Å²) in [4.78, 5) is 21.1. The number of halogens is 1. The molecule has 0 aliphatic heterocycles. The van der Waals surface area contributed by atoms with Crippen molar-refractivity contribution in [2.45, 2.75) is 31.3 Å². The highest BCUT2D eigenvalue weighted by molar-refractivity contribution is 7.92. The van der Waals surface area contributed by atoms with Gasteiger partial charge in [0, 0.05) is 13.2 Å². The maximum absolute atomic E-state index is 12.6. The summed E-state index contributed by atoms with van der Waals surface area (Å²) in [6, 6.07) is 4.17. The fourth-order valence-electron chi connectivity index (χ4n) is 2.10. The molecule has 0 fully saturated rings. The number of aromatic nitrogens is 2. The van der Waals surface area contributed by atoms with Crippen molar-refractivity contribution < 1.29 is 22.7 Å². The highest BCUT2D eigenvalue weighted by Gasteiger charge is 2.25. The van der Waals surface area contributed by atoms with Crippen molar-refractivity contribution in [1.82, 2.24) is 9.97 Å². The first-order valence-electron chi connectivity index (χ1n) is 8.08. The summed E-state index contributed by atoms with van der Waals surface area (Å²) in [7, 11) is -1.17. The maximum Gasteiger partial charge on any atom is 0.414 e. The molecule has 0 saturated heterocycles. The summed E-state index contributed by atoms with van der Waals surface area (Å²) in [5.74, 6) is 0.121. The standard InChI is InChI=1S/C17H21ClN4O5S/c1-17(2,3)27-16(23)22(4)12-9-11(10-20-15(12)26-5)21-28(24,25)13-7-6-8-19-14(13)18/h6-10,21H,1-5H3. The van der Waals surface area contributed by atoms with E-state index in [4.69, 9.17) is 21.1 Å². The summed E-state index contributed by atoms with van der Waals surface area (Å²) in [6.45, 7) is 5.20. The van der Waals surface area contributed by atoms with Gasteiger partial charge >= 0.3 is 6.09 Å². The zero-order chi connectivity index (χ0) is 21.1. The van der Waals surface area contributed by atoms with Gasteiger partial charge in [-0.2, -0.15) is 0 Å². The van der Waals surface area contributed by atoms with Gasteiger partial charge in [0.25, 0.3) is 10.0 Å². The molecular formula is C17H21ClN4O5S. The molecule has 2 aromatic heterocycles. The van der Waals surface area contributed by atoms with Crippen LogP contribution in [-0.4, -0.2) is 44.2 Å². The highest BCUT2D eigenvalue weighted by Crippen LogP contribution is 2.30. The molecule has 0 aromatic carbocycles. The summed E-state index contributed by atoms with van der Waals surface area (Å²) >= 11 is 5.87. The Hall–Kier alpha value is -2.59. The van der Waals surface area contributed by atoms with Crippen LogP contribution >= 0.6 is 11.6 Å². The van der Waals surface area contributed by atoms with E-state index < -0.39 is 21.7 Å². The van der Waals surface area contributed by atoms with Crippen molar-refractivity contribution in [3.8, 4) is 5.88 Å². The van der Waals surface area contributed by atoms with Crippen molar-refractivity contribution in [2.75, 3.05) is 23.8 Å². The van der Waals surface area contributed by atoms with E-state index in [1.54, 1.807) is 20.8 Å². The lowest BCUT2D eigenvalue weighted by molar-refractivity contribution is 0.0588. The van der Waals surface area contributed by atoms with Crippen molar-refractivity contribution in [1.29, 1.82) is 0 Å². The van der Waals surface area contributed by atoms with Crippen molar-refractivity contribution in [3.63, 3.8) is 0 Å². The maximum atomic E-state index is 12.6. The number of hydrogen-bond donors (Lipinski definition) is 1. The van der Waals surface area contributed by atoms with Crippen molar-refractivity contribution in [3.05, 3.63) is 35.7 Å². The van der Waals surface area contributed by atoms with Gasteiger partial charge in [-0.25, -0.2) is 23.2 Å². The minimum atomic E-state index is -4.02. The number of hydrogen-bond acceptors (Lipinski definition) is 7. The van der Waals surface area contributed by atoms with Gasteiger partial charge in [-0.3, -0.25) is 9.62 Å². The largest absolute Gasteiger partial charge is 0.480 e.